The van der Waals surface area contributed by atoms with Crippen molar-refractivity contribution < 1.29 is 13.9 Å². The molecule has 1 aromatic rings. The smallest absolute Gasteiger partial charge is 0.407 e. The van der Waals surface area contributed by atoms with Crippen molar-refractivity contribution in [2.45, 2.75) is 32.8 Å². The number of alkyl carbamates (subject to hydrolysis) is 1. The SMILES string of the molecule is CC(C)(C)OC(=O)NCCCN=Cc1ccc(C#CSI)o1. The summed E-state index contributed by atoms with van der Waals surface area (Å²) in [6, 6.07) is 3.63. The number of carbonyl (C=O) groups is 1. The van der Waals surface area contributed by atoms with Gasteiger partial charge in [-0.05, 0) is 59.4 Å². The molecule has 0 atom stereocenters. The molecule has 1 rings (SSSR count). The molecule has 0 aromatic carbocycles. The van der Waals surface area contributed by atoms with Gasteiger partial charge in [-0.2, -0.15) is 0 Å². The van der Waals surface area contributed by atoms with Crippen LogP contribution in [0.5, 0.6) is 0 Å². The third-order valence-electron chi connectivity index (χ3n) is 2.19. The van der Waals surface area contributed by atoms with Gasteiger partial charge in [0.25, 0.3) is 0 Å². The Labute approximate surface area is 147 Å². The zero-order chi connectivity index (χ0) is 16.4. The molecule has 1 aromatic heterocycles. The Morgan fingerprint density at radius 1 is 1.55 bits per heavy atom. The number of ether oxygens (including phenoxy) is 1. The zero-order valence-corrected chi connectivity index (χ0v) is 15.8. The van der Waals surface area contributed by atoms with Gasteiger partial charge in [0.1, 0.15) is 11.4 Å². The van der Waals surface area contributed by atoms with E-state index in [1.807, 2.05) is 32.9 Å². The van der Waals surface area contributed by atoms with Crippen LogP contribution in [-0.4, -0.2) is 31.0 Å². The van der Waals surface area contributed by atoms with Crippen molar-refractivity contribution in [3.05, 3.63) is 23.7 Å². The van der Waals surface area contributed by atoms with Gasteiger partial charge in [-0.15, -0.1) is 0 Å². The summed E-state index contributed by atoms with van der Waals surface area (Å²) in [7, 11) is 1.41. The van der Waals surface area contributed by atoms with Crippen LogP contribution in [0.2, 0.25) is 0 Å². The van der Waals surface area contributed by atoms with E-state index in [4.69, 9.17) is 9.15 Å². The van der Waals surface area contributed by atoms with Crippen molar-refractivity contribution in [2.24, 2.45) is 4.99 Å². The largest absolute Gasteiger partial charge is 0.447 e. The molecule has 1 heterocycles. The Kier molecular flexibility index (Phi) is 8.42. The number of aliphatic imine (C=N–C) groups is 1. The molecule has 0 fully saturated rings. The Balaban J connectivity index is 2.21. The lowest BCUT2D eigenvalue weighted by Gasteiger charge is -2.19. The van der Waals surface area contributed by atoms with Crippen LogP contribution in [0.25, 0.3) is 0 Å². The summed E-state index contributed by atoms with van der Waals surface area (Å²) >= 11 is 2.10. The van der Waals surface area contributed by atoms with Crippen molar-refractivity contribution in [2.75, 3.05) is 13.1 Å². The van der Waals surface area contributed by atoms with Gasteiger partial charge in [0.2, 0.25) is 0 Å². The van der Waals surface area contributed by atoms with Crippen molar-refractivity contribution in [1.29, 1.82) is 0 Å². The average molecular weight is 434 g/mol. The lowest BCUT2D eigenvalue weighted by atomic mass is 10.2. The third kappa shape index (κ3) is 9.00. The summed E-state index contributed by atoms with van der Waals surface area (Å²) in [6.07, 6.45) is 1.99. The Morgan fingerprint density at radius 3 is 3.00 bits per heavy atom. The first-order valence-electron chi connectivity index (χ1n) is 6.76. The molecule has 0 spiro atoms. The van der Waals surface area contributed by atoms with Crippen LogP contribution < -0.4 is 5.32 Å². The van der Waals surface area contributed by atoms with Crippen molar-refractivity contribution in [3.8, 4) is 11.2 Å². The minimum atomic E-state index is -0.474. The molecule has 22 heavy (non-hydrogen) atoms. The van der Waals surface area contributed by atoms with E-state index in [1.165, 1.54) is 8.93 Å². The summed E-state index contributed by atoms with van der Waals surface area (Å²) < 4.78 is 10.6. The highest BCUT2D eigenvalue weighted by Crippen LogP contribution is 2.09. The molecule has 0 aliphatic rings. The maximum absolute atomic E-state index is 11.4. The first kappa shape index (κ1) is 18.9. The highest BCUT2D eigenvalue weighted by molar-refractivity contribution is 14.2. The second-order valence-electron chi connectivity index (χ2n) is 5.32. The molecule has 120 valence electrons. The van der Waals surface area contributed by atoms with Gasteiger partial charge in [-0.1, -0.05) is 0 Å². The van der Waals surface area contributed by atoms with E-state index in [0.29, 0.717) is 24.6 Å². The molecule has 1 amide bonds. The number of rotatable bonds is 5. The van der Waals surface area contributed by atoms with Gasteiger partial charge in [0.05, 0.1) is 6.21 Å². The maximum atomic E-state index is 11.4. The van der Waals surface area contributed by atoms with E-state index >= 15 is 0 Å². The van der Waals surface area contributed by atoms with Crippen LogP contribution in [0.3, 0.4) is 0 Å². The van der Waals surface area contributed by atoms with Crippen molar-refractivity contribution in [1.82, 2.24) is 5.32 Å². The highest BCUT2D eigenvalue weighted by Gasteiger charge is 2.15. The van der Waals surface area contributed by atoms with E-state index < -0.39 is 11.7 Å². The zero-order valence-electron chi connectivity index (χ0n) is 12.8. The molecule has 0 saturated heterocycles. The first-order chi connectivity index (χ1) is 10.4. The molecule has 0 aliphatic heterocycles. The molecule has 0 unspecified atom stereocenters. The minimum absolute atomic E-state index is 0.404. The highest BCUT2D eigenvalue weighted by atomic mass is 127. The Bertz CT molecular complexity index is 567. The van der Waals surface area contributed by atoms with Crippen molar-refractivity contribution >= 4 is 42.4 Å². The number of hydrogen-bond donors (Lipinski definition) is 1. The van der Waals surface area contributed by atoms with Crippen LogP contribution in [-0.2, 0) is 4.74 Å². The number of nitrogens with zero attached hydrogens (tertiary/aromatic N) is 1. The standard InChI is InChI=1S/C15H19IN2O3S/c1-15(2,3)21-14(19)18-9-4-8-17-11-13-6-5-12(20-13)7-10-22-16/h5-6,11H,4,8-9H2,1-3H3,(H,18,19). The second kappa shape index (κ2) is 9.79. The molecule has 7 heteroatoms. The fourth-order valence-corrected chi connectivity index (χ4v) is 1.86. The van der Waals surface area contributed by atoms with Crippen LogP contribution in [0.1, 0.15) is 38.7 Å². The topological polar surface area (TPSA) is 63.8 Å². The maximum Gasteiger partial charge on any atom is 0.407 e. The summed E-state index contributed by atoms with van der Waals surface area (Å²) in [6.45, 7) is 6.61. The fourth-order valence-electron chi connectivity index (χ4n) is 1.39. The van der Waals surface area contributed by atoms with Gasteiger partial charge in [0, 0.05) is 34.3 Å². The lowest BCUT2D eigenvalue weighted by Crippen LogP contribution is -2.33. The van der Waals surface area contributed by atoms with Gasteiger partial charge in [-0.25, -0.2) is 4.79 Å². The number of furan rings is 1. The number of hydrogen-bond acceptors (Lipinski definition) is 5. The van der Waals surface area contributed by atoms with Crippen LogP contribution in [0.4, 0.5) is 4.79 Å². The molecule has 0 radical (unpaired) electrons. The fraction of sp³-hybridized carbons (Fsp3) is 0.467. The monoisotopic (exact) mass is 434 g/mol. The number of halogens is 1. The van der Waals surface area contributed by atoms with Gasteiger partial charge in [-0.3, -0.25) is 4.99 Å². The molecule has 0 saturated carbocycles. The number of amides is 1. The predicted octanol–water partition coefficient (Wildman–Crippen LogP) is 4.01. The molecule has 0 bridgehead atoms. The van der Waals surface area contributed by atoms with Crippen LogP contribution in [0.15, 0.2) is 21.5 Å². The van der Waals surface area contributed by atoms with E-state index in [1.54, 1.807) is 6.21 Å². The number of nitrogens with one attached hydrogen (secondary N) is 1. The molecule has 1 N–H and O–H groups in total. The van der Waals surface area contributed by atoms with Gasteiger partial charge < -0.3 is 14.5 Å². The summed E-state index contributed by atoms with van der Waals surface area (Å²) in [5, 5.41) is 5.54. The van der Waals surface area contributed by atoms with Gasteiger partial charge >= 0.3 is 6.09 Å². The summed E-state index contributed by atoms with van der Waals surface area (Å²) in [4.78, 5) is 15.6. The van der Waals surface area contributed by atoms with Gasteiger partial charge in [0.15, 0.2) is 5.76 Å². The molecular formula is C15H19IN2O3S. The number of carbonyl (C=O) groups excluding carboxylic acids is 1. The lowest BCUT2D eigenvalue weighted by molar-refractivity contribution is 0.0527. The molecule has 5 nitrogen and oxygen atoms in total. The van der Waals surface area contributed by atoms with E-state index in [-0.39, 0.29) is 0 Å². The molecule has 0 aliphatic carbocycles. The second-order valence-corrected chi connectivity index (χ2v) is 7.00. The average Bonchev–Trinajstić information content (AvgIpc) is 2.86. The quantitative estimate of drug-likeness (QED) is 0.329. The molecular weight excluding hydrogens is 415 g/mol. The summed E-state index contributed by atoms with van der Waals surface area (Å²) in [5.74, 6) is 4.16. The van der Waals surface area contributed by atoms with Crippen molar-refractivity contribution in [3.63, 3.8) is 0 Å². The van der Waals surface area contributed by atoms with E-state index in [0.717, 1.165) is 6.42 Å². The van der Waals surface area contributed by atoms with Crippen LogP contribution in [0, 0.1) is 11.2 Å². The first-order valence-corrected chi connectivity index (χ1v) is 10.1. The Morgan fingerprint density at radius 2 is 2.32 bits per heavy atom. The predicted molar refractivity (Wildman–Crippen MR) is 98.5 cm³/mol. The minimum Gasteiger partial charge on any atom is -0.447 e. The van der Waals surface area contributed by atoms with Crippen LogP contribution >= 0.6 is 30.1 Å². The van der Waals surface area contributed by atoms with E-state index in [9.17, 15) is 4.79 Å². The Hall–Kier alpha value is -1.14. The van der Waals surface area contributed by atoms with E-state index in [2.05, 4.69) is 42.7 Å². The normalized spacial score (nSPS) is 11.1. The third-order valence-corrected chi connectivity index (χ3v) is 3.03. The summed E-state index contributed by atoms with van der Waals surface area (Å²) in [5.41, 5.74) is -0.474.